The first-order chi connectivity index (χ1) is 6.27. The molecular weight excluding hydrogens is 170 g/mol. The molecule has 1 atom stereocenters. The molecule has 0 saturated heterocycles. The fourth-order valence-electron chi connectivity index (χ4n) is 1.10. The van der Waals surface area contributed by atoms with Crippen molar-refractivity contribution in [2.45, 2.75) is 31.8 Å². The number of hydrogen-bond acceptors (Lipinski definition) is 4. The molecule has 0 aliphatic heterocycles. The van der Waals surface area contributed by atoms with Crippen LogP contribution in [0.5, 0.6) is 0 Å². The fourth-order valence-corrected chi connectivity index (χ4v) is 1.10. The number of rotatable bonds is 6. The molecule has 76 valence electrons. The lowest BCUT2D eigenvalue weighted by Gasteiger charge is -2.15. The molecule has 13 heavy (non-hydrogen) atoms. The number of hydrogen-bond donors (Lipinski definition) is 1. The average Bonchev–Trinajstić information content (AvgIpc) is 2.94. The molecule has 0 aromatic rings. The van der Waals surface area contributed by atoms with Crippen LogP contribution in [0.3, 0.4) is 0 Å². The Morgan fingerprint density at radius 3 is 2.77 bits per heavy atom. The highest BCUT2D eigenvalue weighted by molar-refractivity contribution is 5.75. The molecule has 1 aliphatic rings. The first-order valence-electron chi connectivity index (χ1n) is 4.69. The third-order valence-electron chi connectivity index (χ3n) is 1.99. The molecule has 0 spiro atoms. The highest BCUT2D eigenvalue weighted by Gasteiger charge is 2.28. The zero-order valence-corrected chi connectivity index (χ0v) is 8.21. The van der Waals surface area contributed by atoms with Crippen LogP contribution in [0.15, 0.2) is 0 Å². The van der Waals surface area contributed by atoms with Gasteiger partial charge in [-0.1, -0.05) is 0 Å². The number of carbonyl (C=O) groups is 1. The van der Waals surface area contributed by atoms with Crippen molar-refractivity contribution in [1.29, 1.82) is 0 Å². The van der Waals surface area contributed by atoms with E-state index in [0.29, 0.717) is 19.3 Å². The molecule has 1 saturated carbocycles. The minimum absolute atomic E-state index is 0.236. The largest absolute Gasteiger partial charge is 0.468 e. The molecule has 1 unspecified atom stereocenters. The van der Waals surface area contributed by atoms with E-state index in [1.54, 1.807) is 0 Å². The van der Waals surface area contributed by atoms with Crippen LogP contribution in [-0.2, 0) is 14.3 Å². The third-order valence-corrected chi connectivity index (χ3v) is 1.99. The van der Waals surface area contributed by atoms with Crippen molar-refractivity contribution in [3.8, 4) is 0 Å². The van der Waals surface area contributed by atoms with E-state index >= 15 is 0 Å². The Morgan fingerprint density at radius 2 is 2.31 bits per heavy atom. The Labute approximate surface area is 78.6 Å². The highest BCUT2D eigenvalue weighted by atomic mass is 16.5. The van der Waals surface area contributed by atoms with Crippen molar-refractivity contribution in [3.63, 3.8) is 0 Å². The predicted octanol–water partition coefficient (Wildman–Crippen LogP) is 0.316. The van der Waals surface area contributed by atoms with Crippen LogP contribution in [-0.4, -0.2) is 38.4 Å². The summed E-state index contributed by atoms with van der Waals surface area (Å²) in [5, 5.41) is 3.18. The maximum Gasteiger partial charge on any atom is 0.325 e. The first kappa shape index (κ1) is 10.5. The first-order valence-corrected chi connectivity index (χ1v) is 4.69. The van der Waals surface area contributed by atoms with Crippen molar-refractivity contribution >= 4 is 5.97 Å². The smallest absolute Gasteiger partial charge is 0.325 e. The van der Waals surface area contributed by atoms with E-state index in [9.17, 15) is 4.79 Å². The van der Waals surface area contributed by atoms with E-state index in [0.717, 1.165) is 12.8 Å². The van der Waals surface area contributed by atoms with Gasteiger partial charge in [0.2, 0.25) is 0 Å². The lowest BCUT2D eigenvalue weighted by Crippen LogP contribution is -2.42. The molecule has 0 amide bonds. The van der Waals surface area contributed by atoms with E-state index in [-0.39, 0.29) is 12.0 Å². The zero-order chi connectivity index (χ0) is 9.68. The Kier molecular flexibility index (Phi) is 4.18. The van der Waals surface area contributed by atoms with Crippen LogP contribution in [0, 0.1) is 0 Å². The lowest BCUT2D eigenvalue weighted by molar-refractivity contribution is -0.144. The summed E-state index contributed by atoms with van der Waals surface area (Å²) in [6.45, 7) is 2.94. The van der Waals surface area contributed by atoms with Gasteiger partial charge in [-0.15, -0.1) is 0 Å². The quantitative estimate of drug-likeness (QED) is 0.608. The maximum absolute atomic E-state index is 11.2. The second kappa shape index (κ2) is 5.19. The van der Waals surface area contributed by atoms with Crippen LogP contribution in [0.1, 0.15) is 19.8 Å². The molecule has 0 bridgehead atoms. The van der Waals surface area contributed by atoms with Crippen LogP contribution >= 0.6 is 0 Å². The summed E-state index contributed by atoms with van der Waals surface area (Å²) in [6.07, 6.45) is 2.30. The second-order valence-electron chi connectivity index (χ2n) is 3.18. The standard InChI is InChI=1S/C9H17NO3/c1-3-13-6-8(9(11)12-2)10-7-4-5-7/h7-8,10H,3-6H2,1-2H3. The summed E-state index contributed by atoms with van der Waals surface area (Å²) < 4.78 is 9.84. The van der Waals surface area contributed by atoms with Gasteiger partial charge >= 0.3 is 5.97 Å². The average molecular weight is 187 g/mol. The van der Waals surface area contributed by atoms with Gasteiger partial charge in [0.25, 0.3) is 0 Å². The van der Waals surface area contributed by atoms with Crippen LogP contribution in [0.4, 0.5) is 0 Å². The Balaban J connectivity index is 2.27. The number of esters is 1. The van der Waals surface area contributed by atoms with Crippen molar-refractivity contribution in [1.82, 2.24) is 5.32 Å². The molecule has 1 N–H and O–H groups in total. The fraction of sp³-hybridized carbons (Fsp3) is 0.889. The van der Waals surface area contributed by atoms with E-state index < -0.39 is 0 Å². The number of ether oxygens (including phenoxy) is 2. The molecule has 0 radical (unpaired) electrons. The van der Waals surface area contributed by atoms with E-state index in [1.165, 1.54) is 7.11 Å². The van der Waals surface area contributed by atoms with Gasteiger partial charge in [0.1, 0.15) is 6.04 Å². The highest BCUT2D eigenvalue weighted by Crippen LogP contribution is 2.19. The minimum atomic E-state index is -0.294. The molecule has 1 rings (SSSR count). The van der Waals surface area contributed by atoms with Crippen LogP contribution in [0.2, 0.25) is 0 Å². The third kappa shape index (κ3) is 3.74. The number of methoxy groups -OCH3 is 1. The summed E-state index contributed by atoms with van der Waals surface area (Å²) in [5.74, 6) is -0.236. The summed E-state index contributed by atoms with van der Waals surface area (Å²) in [7, 11) is 1.40. The zero-order valence-electron chi connectivity index (χ0n) is 8.21. The van der Waals surface area contributed by atoms with Gasteiger partial charge in [0, 0.05) is 12.6 Å². The van der Waals surface area contributed by atoms with Crippen molar-refractivity contribution in [2.24, 2.45) is 0 Å². The SMILES string of the molecule is CCOCC(NC1CC1)C(=O)OC. The van der Waals surface area contributed by atoms with Gasteiger partial charge in [-0.2, -0.15) is 0 Å². The predicted molar refractivity (Wildman–Crippen MR) is 48.5 cm³/mol. The topological polar surface area (TPSA) is 47.6 Å². The summed E-state index contributed by atoms with van der Waals surface area (Å²) in [5.41, 5.74) is 0. The van der Waals surface area contributed by atoms with Gasteiger partial charge in [-0.05, 0) is 19.8 Å². The molecule has 0 heterocycles. The molecule has 4 nitrogen and oxygen atoms in total. The molecule has 0 aromatic heterocycles. The molecule has 0 aromatic carbocycles. The monoisotopic (exact) mass is 187 g/mol. The van der Waals surface area contributed by atoms with Crippen molar-refractivity contribution < 1.29 is 14.3 Å². The molecule has 4 heteroatoms. The number of nitrogens with one attached hydrogen (secondary N) is 1. The van der Waals surface area contributed by atoms with Crippen LogP contribution in [0.25, 0.3) is 0 Å². The Morgan fingerprint density at radius 1 is 1.62 bits per heavy atom. The van der Waals surface area contributed by atoms with Gasteiger partial charge in [0.15, 0.2) is 0 Å². The lowest BCUT2D eigenvalue weighted by atomic mass is 10.3. The second-order valence-corrected chi connectivity index (χ2v) is 3.18. The summed E-state index contributed by atoms with van der Waals surface area (Å²) in [6, 6.07) is 0.196. The van der Waals surface area contributed by atoms with E-state index in [2.05, 4.69) is 10.1 Å². The van der Waals surface area contributed by atoms with E-state index in [1.807, 2.05) is 6.92 Å². The van der Waals surface area contributed by atoms with Crippen LogP contribution < -0.4 is 5.32 Å². The van der Waals surface area contributed by atoms with Crippen molar-refractivity contribution in [3.05, 3.63) is 0 Å². The molecule has 1 aliphatic carbocycles. The van der Waals surface area contributed by atoms with Crippen molar-refractivity contribution in [2.75, 3.05) is 20.3 Å². The van der Waals surface area contributed by atoms with Gasteiger partial charge < -0.3 is 9.47 Å². The van der Waals surface area contributed by atoms with Gasteiger partial charge in [0.05, 0.1) is 13.7 Å². The normalized spacial score (nSPS) is 18.3. The minimum Gasteiger partial charge on any atom is -0.468 e. The molecular formula is C9H17NO3. The number of carbonyl (C=O) groups excluding carboxylic acids is 1. The van der Waals surface area contributed by atoms with E-state index in [4.69, 9.17) is 4.74 Å². The summed E-state index contributed by atoms with van der Waals surface area (Å²) in [4.78, 5) is 11.2. The Bertz CT molecular complexity index is 168. The van der Waals surface area contributed by atoms with Gasteiger partial charge in [-0.3, -0.25) is 10.1 Å². The molecule has 1 fully saturated rings. The maximum atomic E-state index is 11.2. The Hall–Kier alpha value is -0.610. The van der Waals surface area contributed by atoms with Gasteiger partial charge in [-0.25, -0.2) is 0 Å². The summed E-state index contributed by atoms with van der Waals surface area (Å²) >= 11 is 0.